The summed E-state index contributed by atoms with van der Waals surface area (Å²) < 4.78 is 34.5. The van der Waals surface area contributed by atoms with Crippen LogP contribution in [0.15, 0.2) is 29.2 Å². The third kappa shape index (κ3) is 8.11. The molecule has 0 saturated carbocycles. The number of carbonyl (C=O) groups excluding carboxylic acids is 1. The monoisotopic (exact) mass is 331 g/mol. The normalized spacial score (nSPS) is 12.6. The van der Waals surface area contributed by atoms with Gasteiger partial charge in [0.25, 0.3) is 10.1 Å². The van der Waals surface area contributed by atoms with Crippen molar-refractivity contribution >= 4 is 16.1 Å². The van der Waals surface area contributed by atoms with Crippen LogP contribution in [0, 0.1) is 12.8 Å². The Hall–Kier alpha value is -1.44. The summed E-state index contributed by atoms with van der Waals surface area (Å²) in [6.07, 6.45) is -0.0766. The highest BCUT2D eigenvalue weighted by atomic mass is 32.2. The van der Waals surface area contributed by atoms with E-state index in [0.29, 0.717) is 0 Å². The third-order valence-electron chi connectivity index (χ3n) is 2.66. The average Bonchev–Trinajstić information content (AvgIpc) is 2.37. The summed E-state index contributed by atoms with van der Waals surface area (Å²) in [6.45, 7) is 9.25. The molecule has 0 saturated heterocycles. The van der Waals surface area contributed by atoms with E-state index in [4.69, 9.17) is 15.0 Å². The molecule has 7 heteroatoms. The predicted molar refractivity (Wildman–Crippen MR) is 85.0 cm³/mol. The minimum absolute atomic E-state index is 0.0666. The zero-order valence-corrected chi connectivity index (χ0v) is 14.4. The molecule has 0 heterocycles. The maximum atomic E-state index is 11.0. The minimum atomic E-state index is -4.02. The van der Waals surface area contributed by atoms with E-state index in [0.717, 1.165) is 5.56 Å². The Kier molecular flexibility index (Phi) is 8.29. The van der Waals surface area contributed by atoms with Crippen LogP contribution < -0.4 is 5.73 Å². The molecule has 0 bridgehead atoms. The molecule has 1 aromatic carbocycles. The van der Waals surface area contributed by atoms with Gasteiger partial charge in [0.15, 0.2) is 0 Å². The minimum Gasteiger partial charge on any atom is -0.462 e. The average molecular weight is 331 g/mol. The second-order valence-electron chi connectivity index (χ2n) is 5.54. The summed E-state index contributed by atoms with van der Waals surface area (Å²) in [7, 11) is -4.02. The Morgan fingerprint density at radius 2 is 1.59 bits per heavy atom. The van der Waals surface area contributed by atoms with Crippen molar-refractivity contribution in [1.82, 2.24) is 0 Å². The van der Waals surface area contributed by atoms with Gasteiger partial charge in [-0.2, -0.15) is 8.42 Å². The molecule has 0 aliphatic carbocycles. The molecule has 0 aliphatic rings. The Morgan fingerprint density at radius 3 is 1.91 bits per heavy atom. The van der Waals surface area contributed by atoms with E-state index in [9.17, 15) is 13.2 Å². The van der Waals surface area contributed by atoms with Gasteiger partial charge in [0.1, 0.15) is 6.04 Å². The molecule has 0 unspecified atom stereocenters. The van der Waals surface area contributed by atoms with Crippen LogP contribution in [-0.4, -0.2) is 31.1 Å². The van der Waals surface area contributed by atoms with Crippen LogP contribution in [0.2, 0.25) is 0 Å². The maximum absolute atomic E-state index is 11.0. The lowest BCUT2D eigenvalue weighted by Crippen LogP contribution is -2.38. The van der Waals surface area contributed by atoms with E-state index in [1.165, 1.54) is 12.1 Å². The van der Waals surface area contributed by atoms with Crippen LogP contribution in [0.1, 0.15) is 33.3 Å². The Morgan fingerprint density at radius 1 is 1.14 bits per heavy atom. The topological polar surface area (TPSA) is 107 Å². The van der Waals surface area contributed by atoms with Crippen molar-refractivity contribution in [3.63, 3.8) is 0 Å². The van der Waals surface area contributed by atoms with Crippen LogP contribution in [0.25, 0.3) is 0 Å². The largest absolute Gasteiger partial charge is 0.462 e. The molecule has 0 amide bonds. The number of hydrogen-bond acceptors (Lipinski definition) is 5. The van der Waals surface area contributed by atoms with Gasteiger partial charge in [-0.25, -0.2) is 0 Å². The molecule has 0 fully saturated rings. The molecule has 126 valence electrons. The zero-order valence-electron chi connectivity index (χ0n) is 13.6. The van der Waals surface area contributed by atoms with Crippen molar-refractivity contribution in [2.24, 2.45) is 11.7 Å². The first-order valence-corrected chi connectivity index (χ1v) is 8.39. The predicted octanol–water partition coefficient (Wildman–Crippen LogP) is 2.16. The SMILES string of the molecule is CC(C)OC(=O)[C@@H](N)C(C)C.Cc1ccc(S(=O)(=O)O)cc1. The summed E-state index contributed by atoms with van der Waals surface area (Å²) in [4.78, 5) is 11.0. The molecule has 0 aromatic heterocycles. The highest BCUT2D eigenvalue weighted by molar-refractivity contribution is 7.85. The van der Waals surface area contributed by atoms with Gasteiger partial charge < -0.3 is 10.5 Å². The number of rotatable bonds is 4. The fourth-order valence-electron chi connectivity index (χ4n) is 1.29. The van der Waals surface area contributed by atoms with Gasteiger partial charge in [-0.3, -0.25) is 9.35 Å². The van der Waals surface area contributed by atoms with Crippen LogP contribution >= 0.6 is 0 Å². The zero-order chi connectivity index (χ0) is 17.5. The molecule has 1 aromatic rings. The maximum Gasteiger partial charge on any atom is 0.323 e. The number of aryl methyl sites for hydroxylation is 1. The van der Waals surface area contributed by atoms with Crippen LogP contribution in [0.3, 0.4) is 0 Å². The third-order valence-corrected chi connectivity index (χ3v) is 3.53. The van der Waals surface area contributed by atoms with Gasteiger partial charge in [0.2, 0.25) is 0 Å². The molecule has 0 radical (unpaired) electrons. The van der Waals surface area contributed by atoms with Crippen LogP contribution in [0.4, 0.5) is 0 Å². The van der Waals surface area contributed by atoms with Gasteiger partial charge in [-0.05, 0) is 38.8 Å². The summed E-state index contributed by atoms with van der Waals surface area (Å²) in [6, 6.07) is 5.50. The van der Waals surface area contributed by atoms with Crippen molar-refractivity contribution in [2.75, 3.05) is 0 Å². The van der Waals surface area contributed by atoms with Crippen molar-refractivity contribution in [2.45, 2.75) is 51.7 Å². The summed E-state index contributed by atoms with van der Waals surface area (Å²) >= 11 is 0. The van der Waals surface area contributed by atoms with E-state index < -0.39 is 16.2 Å². The first-order chi connectivity index (χ1) is 9.95. The highest BCUT2D eigenvalue weighted by Crippen LogP contribution is 2.08. The fourth-order valence-corrected chi connectivity index (χ4v) is 1.77. The summed E-state index contributed by atoms with van der Waals surface area (Å²) in [5.41, 5.74) is 6.49. The summed E-state index contributed by atoms with van der Waals surface area (Å²) in [5, 5.41) is 0. The second-order valence-corrected chi connectivity index (χ2v) is 6.97. The number of benzene rings is 1. The quantitative estimate of drug-likeness (QED) is 0.647. The standard InChI is InChI=1S/C8H17NO2.C7H8O3S/c1-5(2)7(9)8(10)11-6(3)4;1-6-2-4-7(5-3-6)11(8,9)10/h5-7H,9H2,1-4H3;2-5H,1H3,(H,8,9,10)/t7-;/m0./s1. The Labute approximate surface area is 132 Å². The van der Waals surface area contributed by atoms with Crippen molar-refractivity contribution in [3.05, 3.63) is 29.8 Å². The lowest BCUT2D eigenvalue weighted by atomic mass is 10.1. The van der Waals surface area contributed by atoms with E-state index in [2.05, 4.69) is 0 Å². The van der Waals surface area contributed by atoms with E-state index in [1.807, 2.05) is 34.6 Å². The first kappa shape index (κ1) is 20.6. The molecule has 1 atom stereocenters. The highest BCUT2D eigenvalue weighted by Gasteiger charge is 2.19. The summed E-state index contributed by atoms with van der Waals surface area (Å²) in [5.74, 6) is -0.170. The molecule has 0 spiro atoms. The van der Waals surface area contributed by atoms with Gasteiger partial charge in [-0.1, -0.05) is 31.5 Å². The van der Waals surface area contributed by atoms with Crippen LogP contribution in [0.5, 0.6) is 0 Å². The Balaban J connectivity index is 0.000000401. The first-order valence-electron chi connectivity index (χ1n) is 6.95. The lowest BCUT2D eigenvalue weighted by molar-refractivity contribution is -0.150. The van der Waals surface area contributed by atoms with Crippen molar-refractivity contribution in [1.29, 1.82) is 0 Å². The molecule has 3 N–H and O–H groups in total. The second kappa shape index (κ2) is 8.87. The lowest BCUT2D eigenvalue weighted by Gasteiger charge is -2.16. The van der Waals surface area contributed by atoms with Crippen LogP contribution in [-0.2, 0) is 19.6 Å². The van der Waals surface area contributed by atoms with Gasteiger partial charge in [-0.15, -0.1) is 0 Å². The van der Waals surface area contributed by atoms with E-state index in [-0.39, 0.29) is 22.9 Å². The van der Waals surface area contributed by atoms with Gasteiger partial charge >= 0.3 is 5.97 Å². The Bertz CT molecular complexity index is 564. The van der Waals surface area contributed by atoms with Crippen molar-refractivity contribution < 1.29 is 22.5 Å². The number of ether oxygens (including phenoxy) is 1. The smallest absolute Gasteiger partial charge is 0.323 e. The van der Waals surface area contributed by atoms with Gasteiger partial charge in [0.05, 0.1) is 11.0 Å². The molecule has 6 nitrogen and oxygen atoms in total. The number of nitrogens with two attached hydrogens (primary N) is 1. The fraction of sp³-hybridized carbons (Fsp3) is 0.533. The number of carbonyl (C=O) groups is 1. The van der Waals surface area contributed by atoms with E-state index in [1.54, 1.807) is 12.1 Å². The van der Waals surface area contributed by atoms with Crippen molar-refractivity contribution in [3.8, 4) is 0 Å². The molecule has 0 aliphatic heterocycles. The van der Waals surface area contributed by atoms with Gasteiger partial charge in [0, 0.05) is 0 Å². The molecule has 1 rings (SSSR count). The number of esters is 1. The van der Waals surface area contributed by atoms with E-state index >= 15 is 0 Å². The molecule has 22 heavy (non-hydrogen) atoms. The molecular weight excluding hydrogens is 306 g/mol. The number of hydrogen-bond donors (Lipinski definition) is 2. The molecular formula is C15H25NO5S.